The monoisotopic (exact) mass is 278 g/mol. The molecule has 2 aromatic heterocycles. The first kappa shape index (κ1) is 13.6. The van der Waals surface area contributed by atoms with Crippen molar-refractivity contribution in [3.63, 3.8) is 0 Å². The number of rotatable bonds is 5. The minimum Gasteiger partial charge on any atom is -0.207 e. The average molecular weight is 278 g/mol. The smallest absolute Gasteiger partial charge is 0.207 e. The van der Waals surface area contributed by atoms with E-state index >= 15 is 0 Å². The Morgan fingerprint density at radius 3 is 1.84 bits per heavy atom. The van der Waals surface area contributed by atoms with Gasteiger partial charge >= 0.3 is 7.91 Å². The van der Waals surface area contributed by atoms with Crippen LogP contribution >= 0.6 is 7.91 Å². The largest absolute Gasteiger partial charge is 0.473 e. The van der Waals surface area contributed by atoms with E-state index in [2.05, 4.69) is 16.0 Å². The molecular formula is C13H15N2O3P+2. The van der Waals surface area contributed by atoms with Crippen LogP contribution in [0.15, 0.2) is 49.1 Å². The maximum Gasteiger partial charge on any atom is 0.473 e. The molecule has 2 rings (SSSR count). The summed E-state index contributed by atoms with van der Waals surface area (Å²) in [4.78, 5) is 0. The third-order valence-corrected chi connectivity index (χ3v) is 3.12. The summed E-state index contributed by atoms with van der Waals surface area (Å²) in [6.45, 7) is 3.04. The maximum atomic E-state index is 10.3. The number of aryl methyl sites for hydroxylation is 1. The van der Waals surface area contributed by atoms with Crippen molar-refractivity contribution in [3.05, 3.63) is 49.1 Å². The fourth-order valence-corrected chi connectivity index (χ4v) is 1.94. The van der Waals surface area contributed by atoms with Crippen LogP contribution < -0.4 is 9.13 Å². The van der Waals surface area contributed by atoms with Gasteiger partial charge in [-0.1, -0.05) is 0 Å². The number of aromatic nitrogens is 2. The van der Waals surface area contributed by atoms with E-state index in [1.165, 1.54) is 0 Å². The van der Waals surface area contributed by atoms with Crippen molar-refractivity contribution in [2.75, 3.05) is 0 Å². The molecule has 0 aliphatic heterocycles. The van der Waals surface area contributed by atoms with E-state index in [0.717, 1.165) is 17.7 Å². The lowest BCUT2D eigenvalue weighted by Crippen LogP contribution is -2.32. The fraction of sp³-hybridized carbons (Fsp3) is 0.231. The molecule has 0 saturated heterocycles. The van der Waals surface area contributed by atoms with Crippen molar-refractivity contribution in [2.45, 2.75) is 20.2 Å². The third-order valence-electron chi connectivity index (χ3n) is 2.79. The van der Waals surface area contributed by atoms with Gasteiger partial charge in [-0.05, 0) is 18.1 Å². The van der Waals surface area contributed by atoms with E-state index in [1.807, 2.05) is 36.7 Å². The van der Waals surface area contributed by atoms with Crippen LogP contribution in [0, 0.1) is 0 Å². The molecule has 0 radical (unpaired) electrons. The minimum absolute atomic E-state index is 0.00358. The van der Waals surface area contributed by atoms with Crippen LogP contribution in [0.5, 0.6) is 0 Å². The fourth-order valence-electron chi connectivity index (χ4n) is 1.71. The predicted octanol–water partition coefficient (Wildman–Crippen LogP) is 2.01. The molecule has 0 aromatic carbocycles. The molecule has 0 aliphatic rings. The summed E-state index contributed by atoms with van der Waals surface area (Å²) in [5.41, 5.74) is 2.19. The topological polar surface area (TPSA) is 51.1 Å². The molecule has 0 saturated carbocycles. The maximum absolute atomic E-state index is 10.3. The lowest BCUT2D eigenvalue weighted by atomic mass is 10.1. The van der Waals surface area contributed by atoms with Crippen molar-refractivity contribution in [2.24, 2.45) is 0 Å². The molecule has 0 amide bonds. The van der Waals surface area contributed by atoms with Gasteiger partial charge < -0.3 is 0 Å². The minimum atomic E-state index is -2.80. The van der Waals surface area contributed by atoms with Crippen LogP contribution in [0.2, 0.25) is 0 Å². The molecule has 98 valence electrons. The summed E-state index contributed by atoms with van der Waals surface area (Å²) in [7, 11) is -2.80. The molecule has 0 N–H and O–H groups in total. The van der Waals surface area contributed by atoms with E-state index in [1.54, 1.807) is 17.0 Å². The molecule has 0 fully saturated rings. The predicted molar refractivity (Wildman–Crippen MR) is 67.3 cm³/mol. The Balaban J connectivity index is 2.12. The van der Waals surface area contributed by atoms with Gasteiger partial charge in [-0.2, -0.15) is 4.57 Å². The number of hydrogen-bond acceptors (Lipinski definition) is 3. The SMILES string of the molecule is CC[n+]1ccc(-c2cc[n+](COP(=O)=O)cc2)cc1. The molecule has 19 heavy (non-hydrogen) atoms. The zero-order valence-electron chi connectivity index (χ0n) is 10.6. The highest BCUT2D eigenvalue weighted by molar-refractivity contribution is 7.24. The zero-order valence-corrected chi connectivity index (χ0v) is 11.5. The lowest BCUT2D eigenvalue weighted by molar-refractivity contribution is -0.724. The Hall–Kier alpha value is -1.84. The lowest BCUT2D eigenvalue weighted by Gasteiger charge is -1.99. The third kappa shape index (κ3) is 3.81. The number of hydrogen-bond donors (Lipinski definition) is 0. The van der Waals surface area contributed by atoms with Crippen molar-refractivity contribution in [3.8, 4) is 11.1 Å². The van der Waals surface area contributed by atoms with Crippen LogP contribution in [-0.2, 0) is 26.9 Å². The van der Waals surface area contributed by atoms with E-state index in [4.69, 9.17) is 0 Å². The van der Waals surface area contributed by atoms with Crippen molar-refractivity contribution in [1.82, 2.24) is 0 Å². The van der Waals surface area contributed by atoms with Crippen molar-refractivity contribution >= 4 is 7.91 Å². The average Bonchev–Trinajstić information content (AvgIpc) is 2.46. The quantitative estimate of drug-likeness (QED) is 0.621. The van der Waals surface area contributed by atoms with Gasteiger partial charge in [-0.15, -0.1) is 0 Å². The molecule has 6 heteroatoms. The molecular weight excluding hydrogens is 263 g/mol. The van der Waals surface area contributed by atoms with Crippen LogP contribution in [0.3, 0.4) is 0 Å². The molecule has 2 aromatic rings. The van der Waals surface area contributed by atoms with Gasteiger partial charge in [0.1, 0.15) is 6.54 Å². The summed E-state index contributed by atoms with van der Waals surface area (Å²) in [5, 5.41) is 0. The Bertz CT molecular complexity index is 599. The van der Waals surface area contributed by atoms with Gasteiger partial charge in [-0.3, -0.25) is 0 Å². The Labute approximate surface area is 112 Å². The van der Waals surface area contributed by atoms with E-state index in [-0.39, 0.29) is 6.73 Å². The van der Waals surface area contributed by atoms with E-state index < -0.39 is 7.91 Å². The van der Waals surface area contributed by atoms with Gasteiger partial charge in [-0.25, -0.2) is 18.2 Å². The Kier molecular flexibility index (Phi) is 4.55. The summed E-state index contributed by atoms with van der Waals surface area (Å²) in [6, 6.07) is 7.95. The Morgan fingerprint density at radius 2 is 1.42 bits per heavy atom. The highest BCUT2D eigenvalue weighted by Gasteiger charge is 2.05. The summed E-state index contributed by atoms with van der Waals surface area (Å²) < 4.78 is 28.9. The molecule has 0 bridgehead atoms. The molecule has 0 unspecified atom stereocenters. The first-order valence-electron chi connectivity index (χ1n) is 5.95. The van der Waals surface area contributed by atoms with Gasteiger partial charge in [0.25, 0.3) is 6.73 Å². The standard InChI is InChI=1S/C13H15N2O3P/c1-2-14-7-3-12(4-8-14)13-5-9-15(10-6-13)11-18-19(16)17/h3-10H,2,11H2,1H3/q+2. The zero-order chi connectivity index (χ0) is 13.7. The van der Waals surface area contributed by atoms with E-state index in [0.29, 0.717) is 0 Å². The second-order valence-corrected chi connectivity index (χ2v) is 4.71. The first-order valence-corrected chi connectivity index (χ1v) is 7.04. The summed E-state index contributed by atoms with van der Waals surface area (Å²) in [6.07, 6.45) is 7.63. The van der Waals surface area contributed by atoms with Crippen LogP contribution in [0.25, 0.3) is 11.1 Å². The molecule has 0 aliphatic carbocycles. The molecule has 2 heterocycles. The van der Waals surface area contributed by atoms with Gasteiger partial charge in [0.05, 0.1) is 0 Å². The number of nitrogens with zero attached hydrogens (tertiary/aromatic N) is 2. The molecule has 0 atom stereocenters. The Morgan fingerprint density at radius 1 is 0.947 bits per heavy atom. The normalized spacial score (nSPS) is 10.4. The van der Waals surface area contributed by atoms with Gasteiger partial charge in [0.15, 0.2) is 24.8 Å². The second kappa shape index (κ2) is 6.36. The highest BCUT2D eigenvalue weighted by Crippen LogP contribution is 2.15. The first-order chi connectivity index (χ1) is 9.19. The summed E-state index contributed by atoms with van der Waals surface area (Å²) >= 11 is 0. The van der Waals surface area contributed by atoms with E-state index in [9.17, 15) is 9.13 Å². The van der Waals surface area contributed by atoms with Crippen LogP contribution in [-0.4, -0.2) is 0 Å². The molecule has 5 nitrogen and oxygen atoms in total. The van der Waals surface area contributed by atoms with Gasteiger partial charge in [0.2, 0.25) is 0 Å². The van der Waals surface area contributed by atoms with Crippen molar-refractivity contribution in [1.29, 1.82) is 0 Å². The van der Waals surface area contributed by atoms with Gasteiger partial charge in [0, 0.05) is 24.3 Å². The highest BCUT2D eigenvalue weighted by atomic mass is 31.1. The number of pyridine rings is 2. The van der Waals surface area contributed by atoms with Crippen molar-refractivity contribution < 1.29 is 22.8 Å². The second-order valence-electron chi connectivity index (χ2n) is 4.00. The van der Waals surface area contributed by atoms with Crippen LogP contribution in [0.4, 0.5) is 0 Å². The summed E-state index contributed by atoms with van der Waals surface area (Å²) in [5.74, 6) is 0. The molecule has 0 spiro atoms. The van der Waals surface area contributed by atoms with Crippen LogP contribution in [0.1, 0.15) is 6.92 Å².